The number of nitrogen functional groups attached to an aromatic ring is 1. The topological polar surface area (TPSA) is 103 Å². The smallest absolute Gasteiger partial charge is 0.294 e. The SMILES string of the molecule is Cc1nnc(S[C@H](C)C(=O)Nc2cccc(Cl)c2)n(N)c1=O. The van der Waals surface area contributed by atoms with Crippen LogP contribution in [0.25, 0.3) is 0 Å². The van der Waals surface area contributed by atoms with E-state index in [1.807, 2.05) is 0 Å². The van der Waals surface area contributed by atoms with E-state index in [4.69, 9.17) is 17.4 Å². The zero-order chi connectivity index (χ0) is 16.3. The Balaban J connectivity index is 2.09. The second-order valence-electron chi connectivity index (χ2n) is 4.50. The van der Waals surface area contributed by atoms with Crippen molar-refractivity contribution in [3.8, 4) is 0 Å². The third-order valence-corrected chi connectivity index (χ3v) is 4.06. The molecule has 116 valence electrons. The fraction of sp³-hybridized carbons (Fsp3) is 0.231. The lowest BCUT2D eigenvalue weighted by Gasteiger charge is -2.12. The minimum atomic E-state index is -0.523. The molecule has 0 unspecified atom stereocenters. The maximum atomic E-state index is 12.1. The minimum Gasteiger partial charge on any atom is -0.334 e. The number of carbonyl (C=O) groups is 1. The molecule has 0 bridgehead atoms. The molecule has 0 saturated heterocycles. The Labute approximate surface area is 135 Å². The molecule has 1 atom stereocenters. The van der Waals surface area contributed by atoms with E-state index < -0.39 is 10.8 Å². The lowest BCUT2D eigenvalue weighted by Crippen LogP contribution is -2.33. The van der Waals surface area contributed by atoms with E-state index in [9.17, 15) is 9.59 Å². The van der Waals surface area contributed by atoms with Gasteiger partial charge in [-0.3, -0.25) is 9.59 Å². The Morgan fingerprint density at radius 3 is 2.86 bits per heavy atom. The van der Waals surface area contributed by atoms with Gasteiger partial charge in [-0.25, -0.2) is 0 Å². The number of thioether (sulfide) groups is 1. The van der Waals surface area contributed by atoms with Gasteiger partial charge in [0.2, 0.25) is 11.1 Å². The van der Waals surface area contributed by atoms with Gasteiger partial charge in [-0.2, -0.15) is 4.68 Å². The average molecular weight is 340 g/mol. The van der Waals surface area contributed by atoms with Crippen molar-refractivity contribution in [2.75, 3.05) is 11.2 Å². The molecule has 0 spiro atoms. The van der Waals surface area contributed by atoms with Crippen LogP contribution in [0.3, 0.4) is 0 Å². The summed E-state index contributed by atoms with van der Waals surface area (Å²) in [5, 5.41) is 10.4. The number of halogens is 1. The zero-order valence-corrected chi connectivity index (χ0v) is 13.5. The van der Waals surface area contributed by atoms with E-state index in [2.05, 4.69) is 15.5 Å². The van der Waals surface area contributed by atoms with Crippen molar-refractivity contribution in [2.45, 2.75) is 24.3 Å². The van der Waals surface area contributed by atoms with E-state index in [0.29, 0.717) is 10.7 Å². The highest BCUT2D eigenvalue weighted by atomic mass is 35.5. The van der Waals surface area contributed by atoms with Gasteiger partial charge in [-0.05, 0) is 32.0 Å². The normalized spacial score (nSPS) is 12.0. The molecule has 2 rings (SSSR count). The van der Waals surface area contributed by atoms with Crippen molar-refractivity contribution in [1.82, 2.24) is 14.9 Å². The number of benzene rings is 1. The monoisotopic (exact) mass is 339 g/mol. The second-order valence-corrected chi connectivity index (χ2v) is 6.25. The maximum Gasteiger partial charge on any atom is 0.294 e. The van der Waals surface area contributed by atoms with Crippen molar-refractivity contribution in [3.05, 3.63) is 45.3 Å². The van der Waals surface area contributed by atoms with Gasteiger partial charge in [-0.1, -0.05) is 29.4 Å². The van der Waals surface area contributed by atoms with Crippen molar-refractivity contribution >= 4 is 35.0 Å². The molecule has 0 radical (unpaired) electrons. The van der Waals surface area contributed by atoms with Crippen LogP contribution in [-0.2, 0) is 4.79 Å². The Bertz CT molecular complexity index is 764. The highest BCUT2D eigenvalue weighted by Crippen LogP contribution is 2.21. The fourth-order valence-electron chi connectivity index (χ4n) is 1.57. The van der Waals surface area contributed by atoms with Gasteiger partial charge in [-0.15, -0.1) is 10.2 Å². The zero-order valence-electron chi connectivity index (χ0n) is 11.9. The molecule has 1 heterocycles. The second kappa shape index (κ2) is 6.80. The maximum absolute atomic E-state index is 12.1. The average Bonchev–Trinajstić information content (AvgIpc) is 2.47. The summed E-state index contributed by atoms with van der Waals surface area (Å²) in [5.41, 5.74) is 0.341. The first-order valence-corrected chi connectivity index (χ1v) is 7.58. The minimum absolute atomic E-state index is 0.171. The Hall–Kier alpha value is -2.06. The van der Waals surface area contributed by atoms with Crippen molar-refractivity contribution in [2.24, 2.45) is 0 Å². The summed E-state index contributed by atoms with van der Waals surface area (Å²) < 4.78 is 0.885. The van der Waals surface area contributed by atoms with Gasteiger partial charge >= 0.3 is 0 Å². The number of aromatic nitrogens is 3. The molecule has 1 aromatic carbocycles. The Kier molecular flexibility index (Phi) is 5.04. The number of aryl methyl sites for hydroxylation is 1. The lowest BCUT2D eigenvalue weighted by molar-refractivity contribution is -0.115. The van der Waals surface area contributed by atoms with Crippen LogP contribution in [-0.4, -0.2) is 26.0 Å². The third-order valence-electron chi connectivity index (χ3n) is 2.76. The molecule has 9 heteroatoms. The van der Waals surface area contributed by atoms with E-state index in [1.54, 1.807) is 31.2 Å². The van der Waals surface area contributed by atoms with Crippen LogP contribution in [0.1, 0.15) is 12.6 Å². The van der Waals surface area contributed by atoms with Crippen LogP contribution in [0.15, 0.2) is 34.2 Å². The molecule has 22 heavy (non-hydrogen) atoms. The van der Waals surface area contributed by atoms with Crippen molar-refractivity contribution in [1.29, 1.82) is 0 Å². The van der Waals surface area contributed by atoms with E-state index in [0.717, 1.165) is 16.4 Å². The lowest BCUT2D eigenvalue weighted by atomic mass is 10.3. The molecule has 7 nitrogen and oxygen atoms in total. The summed E-state index contributed by atoms with van der Waals surface area (Å²) in [6.07, 6.45) is 0. The van der Waals surface area contributed by atoms with Crippen LogP contribution < -0.4 is 16.7 Å². The number of hydrogen-bond acceptors (Lipinski definition) is 6. The van der Waals surface area contributed by atoms with Crippen LogP contribution in [0.5, 0.6) is 0 Å². The molecule has 0 fully saturated rings. The van der Waals surface area contributed by atoms with E-state index in [1.165, 1.54) is 6.92 Å². The summed E-state index contributed by atoms with van der Waals surface area (Å²) in [4.78, 5) is 23.8. The predicted molar refractivity (Wildman–Crippen MR) is 86.6 cm³/mol. The van der Waals surface area contributed by atoms with Gasteiger partial charge in [0.1, 0.15) is 5.69 Å². The highest BCUT2D eigenvalue weighted by Gasteiger charge is 2.18. The highest BCUT2D eigenvalue weighted by molar-refractivity contribution is 8.00. The largest absolute Gasteiger partial charge is 0.334 e. The molecule has 2 aromatic rings. The van der Waals surface area contributed by atoms with Crippen molar-refractivity contribution < 1.29 is 4.79 Å². The molecular weight excluding hydrogens is 326 g/mol. The number of nitrogens with two attached hydrogens (primary N) is 1. The summed E-state index contributed by atoms with van der Waals surface area (Å²) in [6.45, 7) is 3.19. The molecular formula is C13H14ClN5O2S. The predicted octanol–water partition coefficient (Wildman–Crippen LogP) is 1.43. The number of rotatable bonds is 4. The summed E-state index contributed by atoms with van der Waals surface area (Å²) in [6, 6.07) is 6.82. The number of nitrogens with one attached hydrogen (secondary N) is 1. The number of anilines is 1. The van der Waals surface area contributed by atoms with Crippen LogP contribution in [0.4, 0.5) is 5.69 Å². The number of carbonyl (C=O) groups excluding carboxylic acids is 1. The number of nitrogens with zero attached hydrogens (tertiary/aromatic N) is 3. The first-order chi connectivity index (χ1) is 10.4. The van der Waals surface area contributed by atoms with Gasteiger partial charge in [0.15, 0.2) is 0 Å². The summed E-state index contributed by atoms with van der Waals surface area (Å²) in [7, 11) is 0. The Morgan fingerprint density at radius 1 is 1.45 bits per heavy atom. The van der Waals surface area contributed by atoms with Gasteiger partial charge in [0.25, 0.3) is 5.56 Å². The summed E-state index contributed by atoms with van der Waals surface area (Å²) >= 11 is 6.91. The number of amides is 1. The van der Waals surface area contributed by atoms with Gasteiger partial charge in [0, 0.05) is 10.7 Å². The Morgan fingerprint density at radius 2 is 2.18 bits per heavy atom. The van der Waals surface area contributed by atoms with E-state index in [-0.39, 0.29) is 16.8 Å². The van der Waals surface area contributed by atoms with E-state index >= 15 is 0 Å². The first kappa shape index (κ1) is 16.3. The molecule has 1 amide bonds. The molecule has 0 aliphatic heterocycles. The standard InChI is InChI=1S/C13H14ClN5O2S/c1-7-12(21)19(15)13(18-17-7)22-8(2)11(20)16-10-5-3-4-9(14)6-10/h3-6,8H,15H2,1-2H3,(H,16,20)/t8-/m1/s1. The number of hydrogen-bond donors (Lipinski definition) is 2. The molecule has 0 aliphatic rings. The van der Waals surface area contributed by atoms with Crippen LogP contribution in [0.2, 0.25) is 5.02 Å². The molecule has 0 aliphatic carbocycles. The molecule has 1 aromatic heterocycles. The first-order valence-electron chi connectivity index (χ1n) is 6.33. The van der Waals surface area contributed by atoms with Crippen LogP contribution >= 0.6 is 23.4 Å². The van der Waals surface area contributed by atoms with Crippen molar-refractivity contribution in [3.63, 3.8) is 0 Å². The quantitative estimate of drug-likeness (QED) is 0.645. The molecule has 0 saturated carbocycles. The fourth-order valence-corrected chi connectivity index (χ4v) is 2.53. The summed E-state index contributed by atoms with van der Waals surface area (Å²) in [5.74, 6) is 5.37. The molecule has 3 N–H and O–H groups in total. The van der Waals surface area contributed by atoms with Gasteiger partial charge < -0.3 is 11.2 Å². The van der Waals surface area contributed by atoms with Crippen LogP contribution in [0, 0.1) is 6.92 Å². The third kappa shape index (κ3) is 3.77. The van der Waals surface area contributed by atoms with Gasteiger partial charge in [0.05, 0.1) is 5.25 Å².